The first-order valence-corrected chi connectivity index (χ1v) is 10.8. The smallest absolute Gasteiger partial charge is 0.138 e. The first kappa shape index (κ1) is 17.5. The van der Waals surface area contributed by atoms with E-state index in [1.165, 1.54) is 75.4 Å². The first-order chi connectivity index (χ1) is 13.7. The van der Waals surface area contributed by atoms with Crippen LogP contribution in [0.4, 0.5) is 0 Å². The van der Waals surface area contributed by atoms with E-state index in [1.807, 2.05) is 0 Å². The van der Waals surface area contributed by atoms with Crippen molar-refractivity contribution in [1.29, 1.82) is 10.5 Å². The third-order valence-electron chi connectivity index (χ3n) is 7.71. The molecule has 0 amide bonds. The molecule has 28 heavy (non-hydrogen) atoms. The van der Waals surface area contributed by atoms with Crippen LogP contribution in [-0.2, 0) is 0 Å². The van der Waals surface area contributed by atoms with Crippen LogP contribution >= 0.6 is 0 Å². The Morgan fingerprint density at radius 1 is 0.643 bits per heavy atom. The minimum Gasteiger partial charge on any atom is -0.192 e. The molecule has 0 aromatic carbocycles. The van der Waals surface area contributed by atoms with Gasteiger partial charge in [0, 0.05) is 16.4 Å². The van der Waals surface area contributed by atoms with Crippen LogP contribution in [0.3, 0.4) is 0 Å². The van der Waals surface area contributed by atoms with E-state index in [0.29, 0.717) is 0 Å². The summed E-state index contributed by atoms with van der Waals surface area (Å²) in [6, 6.07) is 4.42. The highest BCUT2D eigenvalue weighted by atomic mass is 14.5. The molecule has 0 N–H and O–H groups in total. The van der Waals surface area contributed by atoms with Gasteiger partial charge in [0.25, 0.3) is 0 Å². The standard InChI is InChI=1S/C26H26N2/c27-17-19(18-28)24-20-9-15-25(11-3-1-4-12-25)22(20)7-8-23-21(24)10-16-26(23)13-5-2-6-14-26/h7-10,15-16H,1-6,11-14H2. The van der Waals surface area contributed by atoms with Crippen LogP contribution in [0.2, 0.25) is 0 Å². The lowest BCUT2D eigenvalue weighted by Crippen LogP contribution is -2.23. The molecule has 5 aliphatic carbocycles. The minimum absolute atomic E-state index is 0.106. The second-order valence-corrected chi connectivity index (χ2v) is 9.06. The topological polar surface area (TPSA) is 47.6 Å². The van der Waals surface area contributed by atoms with Gasteiger partial charge < -0.3 is 0 Å². The quantitative estimate of drug-likeness (QED) is 0.457. The molecule has 5 rings (SSSR count). The fraction of sp³-hybridized carbons (Fsp3) is 0.462. The molecule has 0 heterocycles. The monoisotopic (exact) mass is 366 g/mol. The summed E-state index contributed by atoms with van der Waals surface area (Å²) in [7, 11) is 0. The van der Waals surface area contributed by atoms with Gasteiger partial charge in [-0.25, -0.2) is 0 Å². The summed E-state index contributed by atoms with van der Waals surface area (Å²) in [6.07, 6.45) is 26.2. The fourth-order valence-corrected chi connectivity index (χ4v) is 6.28. The molecule has 0 aromatic heterocycles. The summed E-state index contributed by atoms with van der Waals surface area (Å²) < 4.78 is 0. The molecule has 140 valence electrons. The van der Waals surface area contributed by atoms with Gasteiger partial charge >= 0.3 is 0 Å². The Kier molecular flexibility index (Phi) is 4.06. The highest BCUT2D eigenvalue weighted by Crippen LogP contribution is 2.57. The lowest BCUT2D eigenvalue weighted by Gasteiger charge is -2.35. The third kappa shape index (κ3) is 2.37. The minimum atomic E-state index is 0.106. The molecule has 0 bridgehead atoms. The Balaban J connectivity index is 1.72. The summed E-state index contributed by atoms with van der Waals surface area (Å²) in [6.45, 7) is 0. The molecule has 2 spiro atoms. The molecular formula is C26H26N2. The highest BCUT2D eigenvalue weighted by molar-refractivity contribution is 5.75. The van der Waals surface area contributed by atoms with Gasteiger partial charge in [-0.2, -0.15) is 10.5 Å². The maximum atomic E-state index is 9.77. The Hall–Kier alpha value is -2.58. The molecule has 0 atom stereocenters. The van der Waals surface area contributed by atoms with Crippen molar-refractivity contribution in [3.63, 3.8) is 0 Å². The second kappa shape index (κ2) is 6.49. The molecule has 0 unspecified atom stereocenters. The number of allylic oxidation sites excluding steroid dienone is 12. The van der Waals surface area contributed by atoms with Crippen molar-refractivity contribution in [3.8, 4) is 12.1 Å². The van der Waals surface area contributed by atoms with Gasteiger partial charge in [-0.1, -0.05) is 75.0 Å². The van der Waals surface area contributed by atoms with E-state index in [4.69, 9.17) is 0 Å². The predicted octanol–water partition coefficient (Wildman–Crippen LogP) is 6.53. The van der Waals surface area contributed by atoms with Gasteiger partial charge in [-0.3, -0.25) is 0 Å². The van der Waals surface area contributed by atoms with Crippen molar-refractivity contribution in [2.75, 3.05) is 0 Å². The predicted molar refractivity (Wildman–Crippen MR) is 111 cm³/mol. The van der Waals surface area contributed by atoms with Crippen molar-refractivity contribution >= 4 is 0 Å². The summed E-state index contributed by atoms with van der Waals surface area (Å²) in [5.41, 5.74) is 6.30. The van der Waals surface area contributed by atoms with Crippen molar-refractivity contribution in [2.24, 2.45) is 10.8 Å². The van der Waals surface area contributed by atoms with Crippen LogP contribution in [0, 0.1) is 33.5 Å². The van der Waals surface area contributed by atoms with Crippen LogP contribution in [0.15, 0.2) is 69.9 Å². The summed E-state index contributed by atoms with van der Waals surface area (Å²) >= 11 is 0. The van der Waals surface area contributed by atoms with E-state index < -0.39 is 0 Å². The zero-order valence-electron chi connectivity index (χ0n) is 16.4. The molecule has 0 radical (unpaired) electrons. The number of nitriles is 2. The average Bonchev–Trinajstić information content (AvgIpc) is 3.18. The second-order valence-electron chi connectivity index (χ2n) is 9.06. The van der Waals surface area contributed by atoms with Crippen LogP contribution in [-0.4, -0.2) is 0 Å². The zero-order valence-corrected chi connectivity index (χ0v) is 16.4. The molecule has 2 nitrogen and oxygen atoms in total. The Morgan fingerprint density at radius 3 is 1.46 bits per heavy atom. The van der Waals surface area contributed by atoms with Crippen molar-refractivity contribution in [1.82, 2.24) is 0 Å². The van der Waals surface area contributed by atoms with Gasteiger partial charge in [0.1, 0.15) is 17.7 Å². The maximum Gasteiger partial charge on any atom is 0.138 e. The van der Waals surface area contributed by atoms with E-state index in [-0.39, 0.29) is 16.4 Å². The van der Waals surface area contributed by atoms with Gasteiger partial charge in [-0.15, -0.1) is 0 Å². The van der Waals surface area contributed by atoms with Crippen LogP contribution in [0.1, 0.15) is 64.2 Å². The molecule has 0 saturated heterocycles. The number of hydrogen-bond acceptors (Lipinski definition) is 2. The summed E-state index contributed by atoms with van der Waals surface area (Å²) in [5, 5.41) is 19.5. The van der Waals surface area contributed by atoms with Crippen molar-refractivity contribution in [3.05, 3.63) is 69.9 Å². The van der Waals surface area contributed by atoms with Gasteiger partial charge in [-0.05, 0) is 48.0 Å². The largest absolute Gasteiger partial charge is 0.192 e. The van der Waals surface area contributed by atoms with E-state index >= 15 is 0 Å². The third-order valence-corrected chi connectivity index (χ3v) is 7.71. The molecular weight excluding hydrogens is 340 g/mol. The van der Waals surface area contributed by atoms with E-state index in [0.717, 1.165) is 16.7 Å². The Morgan fingerprint density at radius 2 is 1.07 bits per heavy atom. The number of fused-ring (bicyclic) bond motifs is 2. The van der Waals surface area contributed by atoms with Crippen LogP contribution in [0.25, 0.3) is 0 Å². The van der Waals surface area contributed by atoms with Crippen molar-refractivity contribution in [2.45, 2.75) is 64.2 Å². The molecule has 0 aromatic rings. The summed E-state index contributed by atoms with van der Waals surface area (Å²) in [5.74, 6) is 0. The summed E-state index contributed by atoms with van der Waals surface area (Å²) in [4.78, 5) is 0. The lowest BCUT2D eigenvalue weighted by molar-refractivity contribution is 0.314. The zero-order chi connectivity index (χ0) is 19.2. The number of hydrogen-bond donors (Lipinski definition) is 0. The van der Waals surface area contributed by atoms with Gasteiger partial charge in [0.15, 0.2) is 0 Å². The van der Waals surface area contributed by atoms with Crippen LogP contribution < -0.4 is 0 Å². The number of nitrogens with zero attached hydrogens (tertiary/aromatic N) is 2. The van der Waals surface area contributed by atoms with E-state index in [2.05, 4.69) is 48.6 Å². The molecule has 2 heteroatoms. The van der Waals surface area contributed by atoms with Gasteiger partial charge in [0.2, 0.25) is 0 Å². The molecule has 0 aliphatic heterocycles. The SMILES string of the molecule is N#CC(C#N)=C1C2=C(C=CC3=C1C=CC31CCCCC1)C1(C=C2)CCCCC1. The Bertz CT molecular complexity index is 904. The molecule has 5 aliphatic rings. The van der Waals surface area contributed by atoms with Crippen LogP contribution in [0.5, 0.6) is 0 Å². The van der Waals surface area contributed by atoms with E-state index in [9.17, 15) is 10.5 Å². The average molecular weight is 367 g/mol. The fourth-order valence-electron chi connectivity index (χ4n) is 6.28. The maximum absolute atomic E-state index is 9.77. The highest BCUT2D eigenvalue weighted by Gasteiger charge is 2.43. The van der Waals surface area contributed by atoms with E-state index in [1.54, 1.807) is 0 Å². The Labute approximate surface area is 167 Å². The first-order valence-electron chi connectivity index (χ1n) is 10.8. The van der Waals surface area contributed by atoms with Crippen molar-refractivity contribution < 1.29 is 0 Å². The number of rotatable bonds is 0. The normalized spacial score (nSPS) is 26.3. The molecule has 2 fully saturated rings. The van der Waals surface area contributed by atoms with Gasteiger partial charge in [0.05, 0.1) is 0 Å². The lowest BCUT2D eigenvalue weighted by atomic mass is 9.69. The molecule has 2 saturated carbocycles.